The van der Waals surface area contributed by atoms with Crippen LogP contribution in [0.3, 0.4) is 0 Å². The Hall–Kier alpha value is -0.300. The molecule has 2 aliphatic carbocycles. The van der Waals surface area contributed by atoms with E-state index in [0.29, 0.717) is 34.4 Å². The van der Waals surface area contributed by atoms with Crippen molar-refractivity contribution in [3.8, 4) is 0 Å². The maximum absolute atomic E-state index is 6.06. The molecule has 3 rings (SSSR count). The molecule has 0 amide bonds. The predicted molar refractivity (Wildman–Crippen MR) is 70.8 cm³/mol. The summed E-state index contributed by atoms with van der Waals surface area (Å²) >= 11 is 0. The van der Waals surface area contributed by atoms with E-state index in [-0.39, 0.29) is 0 Å². The van der Waals surface area contributed by atoms with Crippen molar-refractivity contribution in [1.29, 1.82) is 0 Å². The molecule has 3 aliphatic rings. The molecule has 2 fully saturated rings. The maximum atomic E-state index is 6.06. The van der Waals surface area contributed by atoms with Crippen molar-refractivity contribution in [2.75, 3.05) is 0 Å². The van der Waals surface area contributed by atoms with Gasteiger partial charge in [-0.1, -0.05) is 53.2 Å². The lowest BCUT2D eigenvalue weighted by atomic mass is 9.51. The molecule has 1 heterocycles. The Bertz CT molecular complexity index is 390. The lowest BCUT2D eigenvalue weighted by Gasteiger charge is -2.51. The molecule has 17 heavy (non-hydrogen) atoms. The molecular formula is C16H26O. The lowest BCUT2D eigenvalue weighted by molar-refractivity contribution is 0.0376. The number of hydrogen-bond donors (Lipinski definition) is 0. The van der Waals surface area contributed by atoms with Crippen LogP contribution in [0.2, 0.25) is 0 Å². The minimum absolute atomic E-state index is 0.304. The average molecular weight is 234 g/mol. The molecule has 0 aromatic carbocycles. The van der Waals surface area contributed by atoms with Gasteiger partial charge in [-0.05, 0) is 29.6 Å². The zero-order valence-electron chi connectivity index (χ0n) is 12.1. The van der Waals surface area contributed by atoms with Crippen molar-refractivity contribution in [3.63, 3.8) is 0 Å². The maximum Gasteiger partial charge on any atom is 0.0940 e. The Balaban J connectivity index is 2.18. The second-order valence-electron chi connectivity index (χ2n) is 7.60. The summed E-state index contributed by atoms with van der Waals surface area (Å²) in [7, 11) is 0. The average Bonchev–Trinajstić information content (AvgIpc) is 2.91. The summed E-state index contributed by atoms with van der Waals surface area (Å²) in [6.07, 6.45) is 6.05. The molecule has 1 heteroatoms. The predicted octanol–water partition coefficient (Wildman–Crippen LogP) is 4.18. The SMILES string of the molecule is CC[C@]12C(=CC(C)C1(C)C)C(C)(C)C[C@@H]1O[C@@H]12. The Morgan fingerprint density at radius 3 is 2.53 bits per heavy atom. The van der Waals surface area contributed by atoms with Gasteiger partial charge in [-0.2, -0.15) is 0 Å². The molecule has 1 saturated heterocycles. The molecule has 4 atom stereocenters. The van der Waals surface area contributed by atoms with Crippen LogP contribution in [0.5, 0.6) is 0 Å². The van der Waals surface area contributed by atoms with E-state index in [4.69, 9.17) is 4.74 Å². The number of ether oxygens (including phenoxy) is 1. The number of hydrogen-bond acceptors (Lipinski definition) is 1. The molecule has 0 N–H and O–H groups in total. The third kappa shape index (κ3) is 1.15. The van der Waals surface area contributed by atoms with Crippen molar-refractivity contribution in [2.24, 2.45) is 22.2 Å². The summed E-state index contributed by atoms with van der Waals surface area (Å²) in [4.78, 5) is 0. The fourth-order valence-electron chi connectivity index (χ4n) is 4.90. The molecule has 1 aliphatic heterocycles. The van der Waals surface area contributed by atoms with Gasteiger partial charge in [0.1, 0.15) is 0 Å². The molecule has 0 bridgehead atoms. The van der Waals surface area contributed by atoms with E-state index in [1.165, 1.54) is 12.8 Å². The Kier molecular flexibility index (Phi) is 2.07. The molecule has 0 aromatic heterocycles. The fourth-order valence-corrected chi connectivity index (χ4v) is 4.90. The second kappa shape index (κ2) is 2.99. The van der Waals surface area contributed by atoms with Crippen LogP contribution in [0, 0.1) is 22.2 Å². The highest BCUT2D eigenvalue weighted by atomic mass is 16.6. The van der Waals surface area contributed by atoms with Gasteiger partial charge in [-0.15, -0.1) is 0 Å². The van der Waals surface area contributed by atoms with Gasteiger partial charge < -0.3 is 4.74 Å². The second-order valence-corrected chi connectivity index (χ2v) is 7.60. The first-order valence-corrected chi connectivity index (χ1v) is 7.15. The van der Waals surface area contributed by atoms with E-state index in [9.17, 15) is 0 Å². The molecule has 0 spiro atoms. The fraction of sp³-hybridized carbons (Fsp3) is 0.875. The topological polar surface area (TPSA) is 12.5 Å². The minimum atomic E-state index is 0.304. The van der Waals surface area contributed by atoms with Crippen LogP contribution in [0.25, 0.3) is 0 Å². The highest BCUT2D eigenvalue weighted by molar-refractivity contribution is 5.40. The molecule has 1 nitrogen and oxygen atoms in total. The van der Waals surface area contributed by atoms with Crippen molar-refractivity contribution in [1.82, 2.24) is 0 Å². The van der Waals surface area contributed by atoms with E-state index in [0.717, 1.165) is 0 Å². The summed E-state index contributed by atoms with van der Waals surface area (Å²) in [6, 6.07) is 0. The van der Waals surface area contributed by atoms with Gasteiger partial charge in [0, 0.05) is 5.41 Å². The molecule has 96 valence electrons. The largest absolute Gasteiger partial charge is 0.369 e. The van der Waals surface area contributed by atoms with Gasteiger partial charge in [0.05, 0.1) is 12.2 Å². The van der Waals surface area contributed by atoms with E-state index in [2.05, 4.69) is 47.6 Å². The van der Waals surface area contributed by atoms with Crippen molar-refractivity contribution < 1.29 is 4.74 Å². The van der Waals surface area contributed by atoms with E-state index in [1.807, 2.05) is 0 Å². The zero-order chi connectivity index (χ0) is 12.6. The van der Waals surface area contributed by atoms with Crippen molar-refractivity contribution in [2.45, 2.75) is 66.6 Å². The third-order valence-corrected chi connectivity index (χ3v) is 6.25. The summed E-state index contributed by atoms with van der Waals surface area (Å²) < 4.78 is 6.06. The molecule has 0 aromatic rings. The summed E-state index contributed by atoms with van der Waals surface area (Å²) in [5, 5.41) is 0. The highest BCUT2D eigenvalue weighted by Crippen LogP contribution is 2.71. The Morgan fingerprint density at radius 1 is 1.29 bits per heavy atom. The van der Waals surface area contributed by atoms with Crippen LogP contribution >= 0.6 is 0 Å². The summed E-state index contributed by atoms with van der Waals surface area (Å²) in [5.74, 6) is 0.666. The number of rotatable bonds is 1. The molecule has 1 saturated carbocycles. The van der Waals surface area contributed by atoms with Crippen LogP contribution in [0.1, 0.15) is 54.4 Å². The lowest BCUT2D eigenvalue weighted by Crippen LogP contribution is -2.49. The van der Waals surface area contributed by atoms with E-state index >= 15 is 0 Å². The van der Waals surface area contributed by atoms with Crippen LogP contribution in [-0.2, 0) is 4.74 Å². The smallest absolute Gasteiger partial charge is 0.0940 e. The Labute approximate surface area is 106 Å². The molecule has 1 unspecified atom stereocenters. The van der Waals surface area contributed by atoms with Crippen molar-refractivity contribution in [3.05, 3.63) is 11.6 Å². The van der Waals surface area contributed by atoms with E-state index in [1.54, 1.807) is 5.57 Å². The highest BCUT2D eigenvalue weighted by Gasteiger charge is 2.70. The van der Waals surface area contributed by atoms with Gasteiger partial charge >= 0.3 is 0 Å². The monoisotopic (exact) mass is 234 g/mol. The van der Waals surface area contributed by atoms with E-state index < -0.39 is 0 Å². The van der Waals surface area contributed by atoms with Gasteiger partial charge in [0.2, 0.25) is 0 Å². The van der Waals surface area contributed by atoms with Crippen LogP contribution in [0.15, 0.2) is 11.6 Å². The van der Waals surface area contributed by atoms with Crippen LogP contribution < -0.4 is 0 Å². The molecule has 0 radical (unpaired) electrons. The number of allylic oxidation sites excluding steroid dienone is 1. The molecular weight excluding hydrogens is 208 g/mol. The van der Waals surface area contributed by atoms with Crippen LogP contribution in [0.4, 0.5) is 0 Å². The summed E-state index contributed by atoms with van der Waals surface area (Å²) in [5.41, 5.74) is 2.67. The van der Waals surface area contributed by atoms with Gasteiger partial charge in [-0.25, -0.2) is 0 Å². The standard InChI is InChI=1S/C16H26O/c1-7-16-12(8-10(2)15(16,5)6)14(3,4)9-11-13(16)17-11/h8,10-11,13H,7,9H2,1-6H3/t10?,11-,13-,16+/m0/s1. The first kappa shape index (κ1) is 11.8. The minimum Gasteiger partial charge on any atom is -0.369 e. The van der Waals surface area contributed by atoms with Gasteiger partial charge in [-0.3, -0.25) is 0 Å². The normalized spacial score (nSPS) is 49.3. The van der Waals surface area contributed by atoms with Crippen molar-refractivity contribution >= 4 is 0 Å². The van der Waals surface area contributed by atoms with Gasteiger partial charge in [0.15, 0.2) is 0 Å². The van der Waals surface area contributed by atoms with Crippen LogP contribution in [-0.4, -0.2) is 12.2 Å². The number of epoxide rings is 1. The first-order chi connectivity index (χ1) is 7.77. The Morgan fingerprint density at radius 2 is 1.94 bits per heavy atom. The quantitative estimate of drug-likeness (QED) is 0.490. The van der Waals surface area contributed by atoms with Gasteiger partial charge in [0.25, 0.3) is 0 Å². The third-order valence-electron chi connectivity index (χ3n) is 6.25. The first-order valence-electron chi connectivity index (χ1n) is 7.15. The summed E-state index contributed by atoms with van der Waals surface area (Å²) in [6.45, 7) is 14.5. The number of fused-ring (bicyclic) bond motifs is 3. The zero-order valence-corrected chi connectivity index (χ0v) is 12.1.